The Kier molecular flexibility index (Phi) is 3.49. The van der Waals surface area contributed by atoms with Gasteiger partial charge in [-0.1, -0.05) is 0 Å². The third kappa shape index (κ3) is 2.95. The van der Waals surface area contributed by atoms with Crippen molar-refractivity contribution in [3.05, 3.63) is 47.9 Å². The molecule has 0 aromatic carbocycles. The highest BCUT2D eigenvalue weighted by Gasteiger charge is 2.25. The van der Waals surface area contributed by atoms with E-state index < -0.39 is 0 Å². The Morgan fingerprint density at radius 3 is 2.85 bits per heavy atom. The van der Waals surface area contributed by atoms with Crippen molar-refractivity contribution in [2.75, 3.05) is 5.32 Å². The molecule has 2 amide bonds. The molecule has 2 N–H and O–H groups in total. The SMILES string of the molecule is O=C1C/C(=C\c2cnn3c(NC4CC4)cc(-c4cccnc4)nc23)C(=O)N1. The van der Waals surface area contributed by atoms with E-state index in [2.05, 4.69) is 20.7 Å². The Bertz CT molecular complexity index is 1100. The van der Waals surface area contributed by atoms with Crippen LogP contribution < -0.4 is 10.6 Å². The van der Waals surface area contributed by atoms with Crippen molar-refractivity contribution in [1.29, 1.82) is 0 Å². The molecule has 1 saturated heterocycles. The summed E-state index contributed by atoms with van der Waals surface area (Å²) in [7, 11) is 0. The standard InChI is InChI=1S/C19H16N6O2/c26-17-7-12(19(27)24-17)6-13-10-21-25-16(22-14-3-4-14)8-15(23-18(13)25)11-2-1-5-20-9-11/h1-2,5-6,8-10,14,22H,3-4,7H2,(H,24,26,27)/b12-6+. The van der Waals surface area contributed by atoms with Crippen LogP contribution in [0.5, 0.6) is 0 Å². The molecule has 0 unspecified atom stereocenters. The van der Waals surface area contributed by atoms with Crippen LogP contribution in [0.2, 0.25) is 0 Å². The maximum atomic E-state index is 11.9. The minimum atomic E-state index is -0.362. The predicted molar refractivity (Wildman–Crippen MR) is 98.6 cm³/mol. The molecule has 0 atom stereocenters. The van der Waals surface area contributed by atoms with E-state index in [1.165, 1.54) is 0 Å². The lowest BCUT2D eigenvalue weighted by Gasteiger charge is -2.10. The first-order chi connectivity index (χ1) is 13.2. The highest BCUT2D eigenvalue weighted by atomic mass is 16.2. The maximum absolute atomic E-state index is 11.9. The number of imide groups is 1. The lowest BCUT2D eigenvalue weighted by Crippen LogP contribution is -2.19. The van der Waals surface area contributed by atoms with Crippen molar-refractivity contribution < 1.29 is 9.59 Å². The smallest absolute Gasteiger partial charge is 0.254 e. The average Bonchev–Trinajstić information content (AvgIpc) is 3.31. The molecule has 0 bridgehead atoms. The lowest BCUT2D eigenvalue weighted by molar-refractivity contribution is -0.124. The monoisotopic (exact) mass is 360 g/mol. The molecule has 5 rings (SSSR count). The van der Waals surface area contributed by atoms with E-state index in [1.54, 1.807) is 29.2 Å². The van der Waals surface area contributed by atoms with Crippen LogP contribution in [0.15, 0.2) is 42.4 Å². The van der Waals surface area contributed by atoms with E-state index in [4.69, 9.17) is 4.98 Å². The molecule has 1 aliphatic carbocycles. The molecule has 0 spiro atoms. The van der Waals surface area contributed by atoms with Gasteiger partial charge in [0.2, 0.25) is 5.91 Å². The fraction of sp³-hybridized carbons (Fsp3) is 0.211. The molecule has 27 heavy (non-hydrogen) atoms. The predicted octanol–water partition coefficient (Wildman–Crippen LogP) is 1.80. The highest BCUT2D eigenvalue weighted by molar-refractivity contribution is 6.15. The summed E-state index contributed by atoms with van der Waals surface area (Å²) in [6, 6.07) is 6.22. The van der Waals surface area contributed by atoms with Crippen LogP contribution >= 0.6 is 0 Å². The molecule has 8 heteroatoms. The summed E-state index contributed by atoms with van der Waals surface area (Å²) in [5, 5.41) is 10.2. The summed E-state index contributed by atoms with van der Waals surface area (Å²) >= 11 is 0. The van der Waals surface area contributed by atoms with Crippen molar-refractivity contribution in [2.45, 2.75) is 25.3 Å². The third-order valence-corrected chi connectivity index (χ3v) is 4.61. The van der Waals surface area contributed by atoms with Gasteiger partial charge < -0.3 is 5.32 Å². The van der Waals surface area contributed by atoms with Gasteiger partial charge in [-0.25, -0.2) is 4.98 Å². The van der Waals surface area contributed by atoms with Gasteiger partial charge in [-0.05, 0) is 31.1 Å². The van der Waals surface area contributed by atoms with E-state index in [1.807, 2.05) is 18.2 Å². The number of nitrogens with zero attached hydrogens (tertiary/aromatic N) is 4. The van der Waals surface area contributed by atoms with Crippen LogP contribution in [0, 0.1) is 0 Å². The Morgan fingerprint density at radius 2 is 2.15 bits per heavy atom. The first-order valence-corrected chi connectivity index (χ1v) is 8.78. The minimum Gasteiger partial charge on any atom is -0.367 e. The molecule has 134 valence electrons. The second-order valence-corrected chi connectivity index (χ2v) is 6.75. The number of aromatic nitrogens is 4. The number of carbonyl (C=O) groups excluding carboxylic acids is 2. The van der Waals surface area contributed by atoms with Crippen LogP contribution in [0.3, 0.4) is 0 Å². The zero-order valence-corrected chi connectivity index (χ0v) is 14.3. The van der Waals surface area contributed by atoms with Crippen LogP contribution in [0.4, 0.5) is 5.82 Å². The molecule has 1 saturated carbocycles. The molecule has 3 aromatic heterocycles. The molecule has 4 heterocycles. The second-order valence-electron chi connectivity index (χ2n) is 6.75. The number of rotatable bonds is 4. The Balaban J connectivity index is 1.66. The van der Waals surface area contributed by atoms with Gasteiger partial charge in [-0.2, -0.15) is 9.61 Å². The fourth-order valence-electron chi connectivity index (χ4n) is 3.09. The Labute approximate surface area is 154 Å². The summed E-state index contributed by atoms with van der Waals surface area (Å²) in [4.78, 5) is 32.2. The number of anilines is 1. The summed E-state index contributed by atoms with van der Waals surface area (Å²) in [6.45, 7) is 0. The second kappa shape index (κ2) is 6.01. The van der Waals surface area contributed by atoms with Gasteiger partial charge >= 0.3 is 0 Å². The van der Waals surface area contributed by atoms with Crippen molar-refractivity contribution in [1.82, 2.24) is 24.9 Å². The number of hydrogen-bond acceptors (Lipinski definition) is 6. The summed E-state index contributed by atoms with van der Waals surface area (Å²) in [5.41, 5.74) is 3.40. The summed E-state index contributed by atoms with van der Waals surface area (Å²) in [5.74, 6) is 0.194. The number of amides is 2. The summed E-state index contributed by atoms with van der Waals surface area (Å²) < 4.78 is 1.74. The largest absolute Gasteiger partial charge is 0.367 e. The first kappa shape index (κ1) is 15.7. The van der Waals surface area contributed by atoms with E-state index in [0.29, 0.717) is 22.8 Å². The zero-order valence-electron chi connectivity index (χ0n) is 14.3. The molecule has 2 fully saturated rings. The number of carbonyl (C=O) groups is 2. The topological polar surface area (TPSA) is 101 Å². The fourth-order valence-corrected chi connectivity index (χ4v) is 3.09. The normalized spacial score (nSPS) is 18.3. The quantitative estimate of drug-likeness (QED) is 0.543. The molecule has 3 aromatic rings. The van der Waals surface area contributed by atoms with Crippen LogP contribution in [0.25, 0.3) is 23.0 Å². The minimum absolute atomic E-state index is 0.0751. The number of hydrogen-bond donors (Lipinski definition) is 2. The Hall–Kier alpha value is -3.55. The van der Waals surface area contributed by atoms with Gasteiger partial charge in [0.15, 0.2) is 5.65 Å². The van der Waals surface area contributed by atoms with E-state index in [-0.39, 0.29) is 18.2 Å². The lowest BCUT2D eigenvalue weighted by atomic mass is 10.1. The molecule has 2 aliphatic rings. The first-order valence-electron chi connectivity index (χ1n) is 8.78. The van der Waals surface area contributed by atoms with Crippen molar-refractivity contribution in [3.63, 3.8) is 0 Å². The van der Waals surface area contributed by atoms with Gasteiger partial charge in [0, 0.05) is 41.2 Å². The van der Waals surface area contributed by atoms with E-state index in [0.717, 1.165) is 29.9 Å². The number of nitrogens with one attached hydrogen (secondary N) is 2. The molecule has 0 radical (unpaired) electrons. The summed E-state index contributed by atoms with van der Waals surface area (Å²) in [6.07, 6.45) is 9.16. The van der Waals surface area contributed by atoms with Crippen LogP contribution in [-0.4, -0.2) is 37.4 Å². The van der Waals surface area contributed by atoms with Crippen molar-refractivity contribution in [3.8, 4) is 11.3 Å². The van der Waals surface area contributed by atoms with Crippen LogP contribution in [0.1, 0.15) is 24.8 Å². The van der Waals surface area contributed by atoms with Gasteiger partial charge in [-0.3, -0.25) is 19.9 Å². The van der Waals surface area contributed by atoms with E-state index in [9.17, 15) is 9.59 Å². The van der Waals surface area contributed by atoms with Crippen LogP contribution in [-0.2, 0) is 9.59 Å². The van der Waals surface area contributed by atoms with Crippen molar-refractivity contribution >= 4 is 29.4 Å². The van der Waals surface area contributed by atoms with Gasteiger partial charge in [0.1, 0.15) is 5.82 Å². The molecule has 8 nitrogen and oxygen atoms in total. The maximum Gasteiger partial charge on any atom is 0.254 e. The number of pyridine rings is 1. The van der Waals surface area contributed by atoms with Crippen molar-refractivity contribution in [2.24, 2.45) is 0 Å². The number of fused-ring (bicyclic) bond motifs is 1. The average molecular weight is 360 g/mol. The van der Waals surface area contributed by atoms with Gasteiger partial charge in [0.05, 0.1) is 18.3 Å². The molecular formula is C19H16N6O2. The van der Waals surface area contributed by atoms with Gasteiger partial charge in [-0.15, -0.1) is 0 Å². The third-order valence-electron chi connectivity index (χ3n) is 4.61. The highest BCUT2D eigenvalue weighted by Crippen LogP contribution is 2.29. The molecule has 1 aliphatic heterocycles. The van der Waals surface area contributed by atoms with E-state index >= 15 is 0 Å². The Morgan fingerprint density at radius 1 is 1.26 bits per heavy atom. The zero-order chi connectivity index (χ0) is 18.4. The van der Waals surface area contributed by atoms with Gasteiger partial charge in [0.25, 0.3) is 5.91 Å². The molecular weight excluding hydrogens is 344 g/mol.